The predicted octanol–water partition coefficient (Wildman–Crippen LogP) is 1.30. The van der Waals surface area contributed by atoms with Crippen molar-refractivity contribution in [3.8, 4) is 0 Å². The predicted molar refractivity (Wildman–Crippen MR) is 91.1 cm³/mol. The molecule has 1 atom stereocenters. The zero-order valence-electron chi connectivity index (χ0n) is 13.7. The van der Waals surface area contributed by atoms with Crippen LogP contribution in [0.1, 0.15) is 24.0 Å². The van der Waals surface area contributed by atoms with Crippen LogP contribution in [-0.4, -0.2) is 34.9 Å². The number of nitrogens with one attached hydrogen (secondary N) is 1. The zero-order chi connectivity index (χ0) is 16.8. The summed E-state index contributed by atoms with van der Waals surface area (Å²) in [6.45, 7) is 2.64. The van der Waals surface area contributed by atoms with Crippen LogP contribution < -0.4 is 11.1 Å². The summed E-state index contributed by atoms with van der Waals surface area (Å²) in [5.74, 6) is 0.137. The average Bonchev–Trinajstić information content (AvgIpc) is 3.14. The van der Waals surface area contributed by atoms with Crippen LogP contribution in [0, 0.1) is 5.92 Å². The lowest BCUT2D eigenvalue weighted by Crippen LogP contribution is -2.46. The van der Waals surface area contributed by atoms with E-state index in [9.17, 15) is 4.79 Å². The number of ether oxygens (including phenoxy) is 1. The second-order valence-corrected chi connectivity index (χ2v) is 6.21. The highest BCUT2D eigenvalue weighted by molar-refractivity contribution is 5.81. The number of aromatic nitrogens is 2. The molecule has 1 fully saturated rings. The third-order valence-electron chi connectivity index (χ3n) is 4.47. The maximum absolute atomic E-state index is 12.2. The van der Waals surface area contributed by atoms with Gasteiger partial charge in [0.05, 0.1) is 12.6 Å². The molecule has 3 rings (SSSR count). The third kappa shape index (κ3) is 4.43. The Morgan fingerprint density at radius 1 is 1.29 bits per heavy atom. The maximum Gasteiger partial charge on any atom is 0.237 e. The highest BCUT2D eigenvalue weighted by Gasteiger charge is 2.26. The first-order valence-electron chi connectivity index (χ1n) is 8.38. The summed E-state index contributed by atoms with van der Waals surface area (Å²) >= 11 is 0. The smallest absolute Gasteiger partial charge is 0.237 e. The van der Waals surface area contributed by atoms with E-state index in [-0.39, 0.29) is 11.8 Å². The van der Waals surface area contributed by atoms with Crippen LogP contribution >= 0.6 is 0 Å². The molecule has 3 N–H and O–H groups in total. The monoisotopic (exact) mass is 328 g/mol. The van der Waals surface area contributed by atoms with Crippen LogP contribution in [0.3, 0.4) is 0 Å². The number of amides is 1. The lowest BCUT2D eigenvalue weighted by atomic mass is 9.92. The Hall–Kier alpha value is -2.18. The Bertz CT molecular complexity index is 634. The van der Waals surface area contributed by atoms with Crippen molar-refractivity contribution in [1.82, 2.24) is 15.1 Å². The summed E-state index contributed by atoms with van der Waals surface area (Å²) in [6, 6.07) is 9.63. The van der Waals surface area contributed by atoms with Crippen LogP contribution in [0.2, 0.25) is 0 Å². The Balaban J connectivity index is 1.48. The molecule has 6 heteroatoms. The standard InChI is InChI=1S/C18H24N4O2/c19-17(16-6-10-24-11-7-16)18(23)20-12-14-2-4-15(5-3-14)13-22-9-1-8-21-22/h1-5,8-9,16-17H,6-7,10-13,19H2,(H,20,23). The number of carbonyl (C=O) groups is 1. The number of nitrogens with two attached hydrogens (primary N) is 1. The van der Waals surface area contributed by atoms with Crippen LogP contribution in [0.5, 0.6) is 0 Å². The Morgan fingerprint density at radius 3 is 2.67 bits per heavy atom. The molecule has 1 amide bonds. The Labute approximate surface area is 142 Å². The maximum atomic E-state index is 12.2. The van der Waals surface area contributed by atoms with Crippen molar-refractivity contribution in [2.75, 3.05) is 13.2 Å². The van der Waals surface area contributed by atoms with Gasteiger partial charge in [-0.05, 0) is 36.0 Å². The topological polar surface area (TPSA) is 82.2 Å². The highest BCUT2D eigenvalue weighted by atomic mass is 16.5. The summed E-state index contributed by atoms with van der Waals surface area (Å²) in [5.41, 5.74) is 8.31. The summed E-state index contributed by atoms with van der Waals surface area (Å²) in [4.78, 5) is 12.2. The Morgan fingerprint density at radius 2 is 2.00 bits per heavy atom. The fourth-order valence-electron chi connectivity index (χ4n) is 2.94. The first-order valence-corrected chi connectivity index (χ1v) is 8.38. The van der Waals surface area contributed by atoms with Gasteiger partial charge in [-0.2, -0.15) is 5.10 Å². The van der Waals surface area contributed by atoms with E-state index in [4.69, 9.17) is 10.5 Å². The first-order chi connectivity index (χ1) is 11.7. The molecule has 1 aromatic heterocycles. The van der Waals surface area contributed by atoms with E-state index in [2.05, 4.69) is 22.5 Å². The van der Waals surface area contributed by atoms with E-state index >= 15 is 0 Å². The lowest BCUT2D eigenvalue weighted by Gasteiger charge is -2.26. The average molecular weight is 328 g/mol. The molecular formula is C18H24N4O2. The van der Waals surface area contributed by atoms with Crippen molar-refractivity contribution in [2.45, 2.75) is 32.0 Å². The number of nitrogens with zero attached hydrogens (tertiary/aromatic N) is 2. The largest absolute Gasteiger partial charge is 0.381 e. The van der Waals surface area contributed by atoms with Crippen molar-refractivity contribution in [3.05, 3.63) is 53.9 Å². The second kappa shape index (κ2) is 8.08. The van der Waals surface area contributed by atoms with E-state index in [1.807, 2.05) is 29.1 Å². The molecule has 1 aliphatic heterocycles. The normalized spacial score (nSPS) is 16.7. The number of hydrogen-bond acceptors (Lipinski definition) is 4. The fraction of sp³-hybridized carbons (Fsp3) is 0.444. The summed E-state index contributed by atoms with van der Waals surface area (Å²) in [7, 11) is 0. The molecule has 24 heavy (non-hydrogen) atoms. The molecule has 2 aromatic rings. The number of hydrogen-bond donors (Lipinski definition) is 2. The van der Waals surface area contributed by atoms with Crippen LogP contribution in [0.25, 0.3) is 0 Å². The molecule has 0 spiro atoms. The first kappa shape index (κ1) is 16.7. The van der Waals surface area contributed by atoms with Crippen LogP contribution in [0.4, 0.5) is 0 Å². The number of benzene rings is 1. The molecule has 128 valence electrons. The molecule has 1 saturated heterocycles. The molecule has 0 radical (unpaired) electrons. The van der Waals surface area contributed by atoms with Crippen LogP contribution in [0.15, 0.2) is 42.7 Å². The molecule has 1 aliphatic rings. The zero-order valence-corrected chi connectivity index (χ0v) is 13.7. The van der Waals surface area contributed by atoms with Gasteiger partial charge in [0.2, 0.25) is 5.91 Å². The van der Waals surface area contributed by atoms with Gasteiger partial charge in [-0.25, -0.2) is 0 Å². The third-order valence-corrected chi connectivity index (χ3v) is 4.47. The van der Waals surface area contributed by atoms with Gasteiger partial charge in [-0.1, -0.05) is 24.3 Å². The molecule has 6 nitrogen and oxygen atoms in total. The quantitative estimate of drug-likeness (QED) is 0.837. The number of rotatable bonds is 6. The highest BCUT2D eigenvalue weighted by Crippen LogP contribution is 2.17. The second-order valence-electron chi connectivity index (χ2n) is 6.21. The van der Waals surface area contributed by atoms with E-state index in [0.717, 1.165) is 24.9 Å². The van der Waals surface area contributed by atoms with Crippen LogP contribution in [-0.2, 0) is 22.6 Å². The molecule has 0 saturated carbocycles. The van der Waals surface area contributed by atoms with Crippen molar-refractivity contribution in [3.63, 3.8) is 0 Å². The van der Waals surface area contributed by atoms with Gasteiger partial charge in [0, 0.05) is 32.2 Å². The Kier molecular flexibility index (Phi) is 5.61. The van der Waals surface area contributed by atoms with Gasteiger partial charge in [0.1, 0.15) is 0 Å². The van der Waals surface area contributed by atoms with Gasteiger partial charge in [0.25, 0.3) is 0 Å². The summed E-state index contributed by atoms with van der Waals surface area (Å²) in [5, 5.41) is 7.13. The van der Waals surface area contributed by atoms with Gasteiger partial charge in [-0.15, -0.1) is 0 Å². The summed E-state index contributed by atoms with van der Waals surface area (Å²) < 4.78 is 7.19. The van der Waals surface area contributed by atoms with Crippen molar-refractivity contribution < 1.29 is 9.53 Å². The fourth-order valence-corrected chi connectivity index (χ4v) is 2.94. The van der Waals surface area contributed by atoms with Gasteiger partial charge < -0.3 is 15.8 Å². The van der Waals surface area contributed by atoms with Gasteiger partial charge in [0.15, 0.2) is 0 Å². The molecular weight excluding hydrogens is 304 g/mol. The van der Waals surface area contributed by atoms with E-state index < -0.39 is 6.04 Å². The van der Waals surface area contributed by atoms with Gasteiger partial charge in [-0.3, -0.25) is 9.48 Å². The van der Waals surface area contributed by atoms with Crippen molar-refractivity contribution >= 4 is 5.91 Å². The minimum Gasteiger partial charge on any atom is -0.381 e. The van der Waals surface area contributed by atoms with E-state index in [0.29, 0.717) is 19.8 Å². The van der Waals surface area contributed by atoms with E-state index in [1.54, 1.807) is 6.20 Å². The lowest BCUT2D eigenvalue weighted by molar-refractivity contribution is -0.124. The van der Waals surface area contributed by atoms with Crippen molar-refractivity contribution in [1.29, 1.82) is 0 Å². The SMILES string of the molecule is NC(C(=O)NCc1ccc(Cn2cccn2)cc1)C1CCOCC1. The number of carbonyl (C=O) groups excluding carboxylic acids is 1. The molecule has 1 aromatic carbocycles. The minimum atomic E-state index is -0.451. The van der Waals surface area contributed by atoms with Crippen molar-refractivity contribution in [2.24, 2.45) is 11.7 Å². The minimum absolute atomic E-state index is 0.0810. The molecule has 2 heterocycles. The molecule has 1 unspecified atom stereocenters. The molecule has 0 aliphatic carbocycles. The van der Waals surface area contributed by atoms with Gasteiger partial charge >= 0.3 is 0 Å². The van der Waals surface area contributed by atoms with E-state index in [1.165, 1.54) is 5.56 Å². The molecule has 0 bridgehead atoms. The summed E-state index contributed by atoms with van der Waals surface area (Å²) in [6.07, 6.45) is 5.42.